The number of aromatic nitrogens is 2. The Bertz CT molecular complexity index is 520. The number of anilines is 1. The van der Waals surface area contributed by atoms with E-state index in [1.807, 2.05) is 35.8 Å². The largest absolute Gasteiger partial charge is 0.493 e. The number of benzene rings is 1. The fourth-order valence-electron chi connectivity index (χ4n) is 1.96. The lowest BCUT2D eigenvalue weighted by Gasteiger charge is -2.09. The Morgan fingerprint density at radius 3 is 2.78 bits per heavy atom. The lowest BCUT2D eigenvalue weighted by atomic mass is 10.1. The van der Waals surface area contributed by atoms with Gasteiger partial charge in [-0.3, -0.25) is 0 Å². The number of rotatable bonds is 5. The normalized spacial score (nSPS) is 10.6. The summed E-state index contributed by atoms with van der Waals surface area (Å²) >= 11 is 0. The Labute approximate surface area is 107 Å². The summed E-state index contributed by atoms with van der Waals surface area (Å²) < 4.78 is 7.58. The number of nitrogens with zero attached hydrogens (tertiary/aromatic N) is 2. The second-order valence-electron chi connectivity index (χ2n) is 4.10. The van der Waals surface area contributed by atoms with Crippen LogP contribution in [0, 0.1) is 0 Å². The minimum atomic E-state index is 0.632. The molecule has 0 saturated carbocycles. The van der Waals surface area contributed by atoms with Crippen LogP contribution in [0.25, 0.3) is 11.3 Å². The molecule has 0 unspecified atom stereocenters. The van der Waals surface area contributed by atoms with Crippen molar-refractivity contribution in [2.24, 2.45) is 0 Å². The van der Waals surface area contributed by atoms with E-state index in [9.17, 15) is 0 Å². The van der Waals surface area contributed by atoms with Crippen LogP contribution < -0.4 is 10.5 Å². The van der Waals surface area contributed by atoms with E-state index in [4.69, 9.17) is 10.5 Å². The first-order chi connectivity index (χ1) is 8.77. The number of imidazole rings is 1. The molecule has 0 fully saturated rings. The van der Waals surface area contributed by atoms with Gasteiger partial charge >= 0.3 is 0 Å². The highest BCUT2D eigenvalue weighted by molar-refractivity contribution is 5.75. The van der Waals surface area contributed by atoms with Gasteiger partial charge in [-0.2, -0.15) is 0 Å². The van der Waals surface area contributed by atoms with Crippen LogP contribution in [0.4, 0.5) is 5.82 Å². The molecule has 96 valence electrons. The van der Waals surface area contributed by atoms with Gasteiger partial charge in [0.1, 0.15) is 17.3 Å². The molecule has 1 aromatic heterocycles. The third-order valence-electron chi connectivity index (χ3n) is 2.78. The molecule has 1 aromatic carbocycles. The fourth-order valence-corrected chi connectivity index (χ4v) is 1.96. The lowest BCUT2D eigenvalue weighted by molar-refractivity contribution is 0.341. The second kappa shape index (κ2) is 5.58. The summed E-state index contributed by atoms with van der Waals surface area (Å²) in [7, 11) is 0. The van der Waals surface area contributed by atoms with Gasteiger partial charge in [0.15, 0.2) is 0 Å². The van der Waals surface area contributed by atoms with Crippen molar-refractivity contribution in [2.75, 3.05) is 12.3 Å². The average Bonchev–Trinajstić information content (AvgIpc) is 2.73. The van der Waals surface area contributed by atoms with Crippen molar-refractivity contribution in [3.63, 3.8) is 0 Å². The van der Waals surface area contributed by atoms with E-state index in [2.05, 4.69) is 11.9 Å². The van der Waals surface area contributed by atoms with E-state index >= 15 is 0 Å². The number of aryl methyl sites for hydroxylation is 1. The van der Waals surface area contributed by atoms with Crippen molar-refractivity contribution in [3.05, 3.63) is 30.6 Å². The van der Waals surface area contributed by atoms with Gasteiger partial charge in [0.05, 0.1) is 12.9 Å². The Morgan fingerprint density at radius 1 is 1.28 bits per heavy atom. The maximum absolute atomic E-state index is 6.13. The maximum atomic E-state index is 6.13. The summed E-state index contributed by atoms with van der Waals surface area (Å²) in [5.41, 5.74) is 7.88. The zero-order valence-corrected chi connectivity index (χ0v) is 10.9. The van der Waals surface area contributed by atoms with Gasteiger partial charge in [0.25, 0.3) is 0 Å². The number of para-hydroxylation sites is 1. The van der Waals surface area contributed by atoms with E-state index in [1.165, 1.54) is 0 Å². The highest BCUT2D eigenvalue weighted by atomic mass is 16.5. The summed E-state index contributed by atoms with van der Waals surface area (Å²) in [6.45, 7) is 5.60. The zero-order chi connectivity index (χ0) is 13.0. The summed E-state index contributed by atoms with van der Waals surface area (Å²) in [6, 6.07) is 7.85. The van der Waals surface area contributed by atoms with Crippen molar-refractivity contribution in [1.82, 2.24) is 9.55 Å². The van der Waals surface area contributed by atoms with Crippen molar-refractivity contribution < 1.29 is 4.74 Å². The summed E-state index contributed by atoms with van der Waals surface area (Å²) in [6.07, 6.45) is 2.82. The van der Waals surface area contributed by atoms with Crippen molar-refractivity contribution in [2.45, 2.75) is 26.8 Å². The number of nitrogen functional groups attached to an aromatic ring is 1. The molecule has 0 aliphatic heterocycles. The molecule has 2 rings (SSSR count). The molecule has 0 saturated heterocycles. The predicted octanol–water partition coefficient (Wildman–Crippen LogP) is 2.94. The monoisotopic (exact) mass is 245 g/mol. The topological polar surface area (TPSA) is 53.1 Å². The van der Waals surface area contributed by atoms with Gasteiger partial charge in [0.2, 0.25) is 0 Å². The molecule has 0 spiro atoms. The highest BCUT2D eigenvalue weighted by Crippen LogP contribution is 2.32. The quantitative estimate of drug-likeness (QED) is 0.881. The van der Waals surface area contributed by atoms with Crippen LogP contribution in [-0.4, -0.2) is 16.2 Å². The number of hydrogen-bond acceptors (Lipinski definition) is 3. The first-order valence-corrected chi connectivity index (χ1v) is 6.30. The van der Waals surface area contributed by atoms with E-state index in [0.29, 0.717) is 12.4 Å². The minimum Gasteiger partial charge on any atom is -0.493 e. The molecule has 0 bridgehead atoms. The molecule has 0 amide bonds. The molecule has 0 atom stereocenters. The first kappa shape index (κ1) is 12.5. The summed E-state index contributed by atoms with van der Waals surface area (Å²) in [5, 5.41) is 0. The van der Waals surface area contributed by atoms with Gasteiger partial charge in [0, 0.05) is 12.1 Å². The van der Waals surface area contributed by atoms with Crippen LogP contribution in [-0.2, 0) is 6.54 Å². The predicted molar refractivity (Wildman–Crippen MR) is 73.5 cm³/mol. The number of ether oxygens (including phenoxy) is 1. The smallest absolute Gasteiger partial charge is 0.131 e. The molecule has 0 radical (unpaired) electrons. The highest BCUT2D eigenvalue weighted by Gasteiger charge is 2.13. The Hall–Kier alpha value is -1.97. The maximum Gasteiger partial charge on any atom is 0.131 e. The van der Waals surface area contributed by atoms with E-state index in [-0.39, 0.29) is 0 Å². The Kier molecular flexibility index (Phi) is 3.87. The van der Waals surface area contributed by atoms with Crippen LogP contribution in [0.15, 0.2) is 30.6 Å². The molecular weight excluding hydrogens is 226 g/mol. The lowest BCUT2D eigenvalue weighted by Crippen LogP contribution is -2.02. The Balaban J connectivity index is 2.42. The van der Waals surface area contributed by atoms with Crippen molar-refractivity contribution in [3.8, 4) is 17.0 Å². The third kappa shape index (κ3) is 2.32. The van der Waals surface area contributed by atoms with Crippen LogP contribution in [0.5, 0.6) is 5.75 Å². The van der Waals surface area contributed by atoms with E-state index < -0.39 is 0 Å². The van der Waals surface area contributed by atoms with Gasteiger partial charge in [-0.25, -0.2) is 4.98 Å². The van der Waals surface area contributed by atoms with Crippen molar-refractivity contribution in [1.29, 1.82) is 0 Å². The van der Waals surface area contributed by atoms with E-state index in [0.717, 1.165) is 30.0 Å². The third-order valence-corrected chi connectivity index (χ3v) is 2.78. The average molecular weight is 245 g/mol. The van der Waals surface area contributed by atoms with Crippen LogP contribution >= 0.6 is 0 Å². The minimum absolute atomic E-state index is 0.632. The molecule has 4 nitrogen and oxygen atoms in total. The zero-order valence-electron chi connectivity index (χ0n) is 10.9. The van der Waals surface area contributed by atoms with Gasteiger partial charge in [-0.15, -0.1) is 0 Å². The Morgan fingerprint density at radius 2 is 2.06 bits per heavy atom. The molecule has 4 heteroatoms. The van der Waals surface area contributed by atoms with Gasteiger partial charge in [-0.1, -0.05) is 19.1 Å². The SMILES string of the molecule is CCCn1cnc(-c2ccccc2OCC)c1N. The number of nitrogens with two attached hydrogens (primary N) is 1. The molecule has 2 aromatic rings. The molecule has 1 heterocycles. The fraction of sp³-hybridized carbons (Fsp3) is 0.357. The molecular formula is C14H19N3O. The standard InChI is InChI=1S/C14H19N3O/c1-3-9-17-10-16-13(14(17)15)11-7-5-6-8-12(11)18-4-2/h5-8,10H,3-4,9,15H2,1-2H3. The van der Waals surface area contributed by atoms with Crippen LogP contribution in [0.3, 0.4) is 0 Å². The summed E-state index contributed by atoms with van der Waals surface area (Å²) in [5.74, 6) is 1.53. The number of hydrogen-bond donors (Lipinski definition) is 1. The van der Waals surface area contributed by atoms with Crippen molar-refractivity contribution >= 4 is 5.82 Å². The summed E-state index contributed by atoms with van der Waals surface area (Å²) in [4.78, 5) is 4.41. The van der Waals surface area contributed by atoms with Crippen LogP contribution in [0.2, 0.25) is 0 Å². The second-order valence-corrected chi connectivity index (χ2v) is 4.10. The van der Waals surface area contributed by atoms with Gasteiger partial charge in [-0.05, 0) is 25.5 Å². The molecule has 0 aliphatic rings. The molecule has 0 aliphatic carbocycles. The van der Waals surface area contributed by atoms with Crippen LogP contribution in [0.1, 0.15) is 20.3 Å². The first-order valence-electron chi connectivity index (χ1n) is 6.30. The van der Waals surface area contributed by atoms with E-state index in [1.54, 1.807) is 6.33 Å². The molecule has 18 heavy (non-hydrogen) atoms. The molecule has 2 N–H and O–H groups in total. The van der Waals surface area contributed by atoms with Gasteiger partial charge < -0.3 is 15.0 Å².